The number of benzene rings is 2. The van der Waals surface area contributed by atoms with Crippen LogP contribution in [-0.2, 0) is 9.53 Å². The molecule has 0 radical (unpaired) electrons. The fourth-order valence-electron chi connectivity index (χ4n) is 3.23. The van der Waals surface area contributed by atoms with E-state index in [0.29, 0.717) is 32.5 Å². The maximum Gasteiger partial charge on any atom is 0.329 e. The van der Waals surface area contributed by atoms with Gasteiger partial charge in [0.2, 0.25) is 0 Å². The van der Waals surface area contributed by atoms with Crippen molar-refractivity contribution in [2.75, 3.05) is 24.6 Å². The van der Waals surface area contributed by atoms with Crippen molar-refractivity contribution in [2.45, 2.75) is 19.8 Å². The lowest BCUT2D eigenvalue weighted by atomic mass is 9.97. The van der Waals surface area contributed by atoms with Gasteiger partial charge in [0.25, 0.3) is 0 Å². The van der Waals surface area contributed by atoms with Gasteiger partial charge in [-0.3, -0.25) is 9.69 Å². The number of hydrogen-bond donors (Lipinski definition) is 0. The van der Waals surface area contributed by atoms with Gasteiger partial charge >= 0.3 is 12.0 Å². The molecule has 26 heavy (non-hydrogen) atoms. The lowest BCUT2D eigenvalue weighted by Gasteiger charge is -2.35. The maximum absolute atomic E-state index is 13.2. The molecule has 5 heteroatoms. The number of para-hydroxylation sites is 2. The minimum atomic E-state index is -0.150. The monoisotopic (exact) mass is 352 g/mol. The van der Waals surface area contributed by atoms with Crippen molar-refractivity contribution in [3.63, 3.8) is 0 Å². The molecule has 2 aromatic carbocycles. The highest BCUT2D eigenvalue weighted by Crippen LogP contribution is 2.28. The SMILES string of the molecule is CCOC(=O)C1CCN(C(=O)N(c2ccccc2)c2ccccc2)CC1. The first kappa shape index (κ1) is 18.0. The van der Waals surface area contributed by atoms with Crippen LogP contribution in [-0.4, -0.2) is 36.6 Å². The van der Waals surface area contributed by atoms with Gasteiger partial charge in [0.15, 0.2) is 0 Å². The third-order valence-corrected chi connectivity index (χ3v) is 4.61. The standard InChI is InChI=1S/C21H24N2O3/c1-2-26-20(24)17-13-15-22(16-14-17)21(25)23(18-9-5-3-6-10-18)19-11-7-4-8-12-19/h3-12,17H,2,13-16H2,1H3. The van der Waals surface area contributed by atoms with Crippen molar-refractivity contribution in [1.29, 1.82) is 0 Å². The molecule has 5 nitrogen and oxygen atoms in total. The minimum absolute atomic E-state index is 0.0651. The summed E-state index contributed by atoms with van der Waals surface area (Å²) in [5, 5.41) is 0. The van der Waals surface area contributed by atoms with Crippen LogP contribution in [0.4, 0.5) is 16.2 Å². The lowest BCUT2D eigenvalue weighted by molar-refractivity contribution is -0.149. The Hall–Kier alpha value is -2.82. The number of esters is 1. The first-order chi connectivity index (χ1) is 12.7. The summed E-state index contributed by atoms with van der Waals surface area (Å²) in [5.74, 6) is -0.261. The number of carbonyl (C=O) groups is 2. The Balaban J connectivity index is 1.76. The Morgan fingerprint density at radius 3 is 1.92 bits per heavy atom. The van der Waals surface area contributed by atoms with Crippen molar-refractivity contribution >= 4 is 23.4 Å². The van der Waals surface area contributed by atoms with E-state index in [1.807, 2.05) is 72.5 Å². The Morgan fingerprint density at radius 2 is 1.46 bits per heavy atom. The second kappa shape index (κ2) is 8.52. The smallest absolute Gasteiger partial charge is 0.329 e. The van der Waals surface area contributed by atoms with Crippen molar-refractivity contribution < 1.29 is 14.3 Å². The molecule has 0 spiro atoms. The summed E-state index contributed by atoms with van der Waals surface area (Å²) in [6.07, 6.45) is 1.28. The molecular formula is C21H24N2O3. The summed E-state index contributed by atoms with van der Waals surface area (Å²) in [7, 11) is 0. The van der Waals surface area contributed by atoms with Gasteiger partial charge in [0, 0.05) is 13.1 Å². The Bertz CT molecular complexity index is 686. The largest absolute Gasteiger partial charge is 0.466 e. The highest BCUT2D eigenvalue weighted by atomic mass is 16.5. The van der Waals surface area contributed by atoms with Crippen LogP contribution in [0.5, 0.6) is 0 Å². The van der Waals surface area contributed by atoms with Gasteiger partial charge < -0.3 is 9.64 Å². The van der Waals surface area contributed by atoms with Gasteiger partial charge in [-0.1, -0.05) is 36.4 Å². The Morgan fingerprint density at radius 1 is 0.962 bits per heavy atom. The number of likely N-dealkylation sites (tertiary alicyclic amines) is 1. The molecule has 1 fully saturated rings. The van der Waals surface area contributed by atoms with Crippen LogP contribution in [0.1, 0.15) is 19.8 Å². The molecule has 0 unspecified atom stereocenters. The average Bonchev–Trinajstić information content (AvgIpc) is 2.70. The number of rotatable bonds is 4. The fourth-order valence-corrected chi connectivity index (χ4v) is 3.23. The van der Waals surface area contributed by atoms with E-state index in [0.717, 1.165) is 11.4 Å². The molecule has 1 aliphatic rings. The number of amides is 2. The summed E-state index contributed by atoms with van der Waals surface area (Å²) >= 11 is 0. The van der Waals surface area contributed by atoms with Crippen LogP contribution in [0.25, 0.3) is 0 Å². The summed E-state index contributed by atoms with van der Waals surface area (Å²) in [4.78, 5) is 28.7. The highest BCUT2D eigenvalue weighted by Gasteiger charge is 2.31. The molecule has 2 aromatic rings. The second-order valence-electron chi connectivity index (χ2n) is 6.30. The van der Waals surface area contributed by atoms with Crippen molar-refractivity contribution in [3.05, 3.63) is 60.7 Å². The fraction of sp³-hybridized carbons (Fsp3) is 0.333. The number of nitrogens with zero attached hydrogens (tertiary/aromatic N) is 2. The zero-order chi connectivity index (χ0) is 18.4. The molecule has 1 heterocycles. The number of urea groups is 1. The molecule has 0 N–H and O–H groups in total. The molecule has 1 aliphatic heterocycles. The van der Waals surface area contributed by atoms with Crippen LogP contribution in [0.2, 0.25) is 0 Å². The summed E-state index contributed by atoms with van der Waals surface area (Å²) in [5.41, 5.74) is 1.66. The molecule has 136 valence electrons. The first-order valence-electron chi connectivity index (χ1n) is 9.06. The normalized spacial score (nSPS) is 14.7. The Kier molecular flexibility index (Phi) is 5.89. The van der Waals surface area contributed by atoms with Crippen molar-refractivity contribution in [3.8, 4) is 0 Å². The molecule has 0 aromatic heterocycles. The van der Waals surface area contributed by atoms with Gasteiger partial charge in [-0.2, -0.15) is 0 Å². The van der Waals surface area contributed by atoms with Crippen LogP contribution < -0.4 is 4.90 Å². The zero-order valence-electron chi connectivity index (χ0n) is 15.0. The van der Waals surface area contributed by atoms with Crippen LogP contribution >= 0.6 is 0 Å². The number of carbonyl (C=O) groups excluding carboxylic acids is 2. The lowest BCUT2D eigenvalue weighted by Crippen LogP contribution is -2.46. The number of piperidine rings is 1. The predicted octanol–water partition coefficient (Wildman–Crippen LogP) is 4.22. The van der Waals surface area contributed by atoms with Gasteiger partial charge in [0.05, 0.1) is 23.9 Å². The van der Waals surface area contributed by atoms with Gasteiger partial charge in [-0.15, -0.1) is 0 Å². The van der Waals surface area contributed by atoms with Crippen molar-refractivity contribution in [1.82, 2.24) is 4.90 Å². The molecule has 3 rings (SSSR count). The molecule has 0 aliphatic carbocycles. The zero-order valence-corrected chi connectivity index (χ0v) is 15.0. The molecule has 2 amide bonds. The Labute approximate surface area is 154 Å². The number of anilines is 2. The third kappa shape index (κ3) is 4.04. The van der Waals surface area contributed by atoms with Gasteiger partial charge in [0.1, 0.15) is 0 Å². The molecule has 1 saturated heterocycles. The third-order valence-electron chi connectivity index (χ3n) is 4.61. The molecular weight excluding hydrogens is 328 g/mol. The second-order valence-corrected chi connectivity index (χ2v) is 6.30. The van der Waals surface area contributed by atoms with E-state index in [1.165, 1.54) is 0 Å². The van der Waals surface area contributed by atoms with E-state index in [1.54, 1.807) is 4.90 Å². The maximum atomic E-state index is 13.2. The minimum Gasteiger partial charge on any atom is -0.466 e. The first-order valence-corrected chi connectivity index (χ1v) is 9.06. The average molecular weight is 352 g/mol. The van der Waals surface area contributed by atoms with E-state index in [2.05, 4.69) is 0 Å². The van der Waals surface area contributed by atoms with Crippen LogP contribution in [0.3, 0.4) is 0 Å². The molecule has 0 saturated carbocycles. The van der Waals surface area contributed by atoms with Gasteiger partial charge in [-0.05, 0) is 44.0 Å². The van der Waals surface area contributed by atoms with E-state index in [4.69, 9.17) is 4.74 Å². The predicted molar refractivity (Wildman–Crippen MR) is 101 cm³/mol. The number of hydrogen-bond acceptors (Lipinski definition) is 3. The van der Waals surface area contributed by atoms with Crippen LogP contribution in [0.15, 0.2) is 60.7 Å². The highest BCUT2D eigenvalue weighted by molar-refractivity contribution is 5.99. The van der Waals surface area contributed by atoms with Gasteiger partial charge in [-0.25, -0.2) is 4.79 Å². The van der Waals surface area contributed by atoms with E-state index >= 15 is 0 Å². The van der Waals surface area contributed by atoms with E-state index in [9.17, 15) is 9.59 Å². The molecule has 0 atom stereocenters. The number of ether oxygens (including phenoxy) is 1. The summed E-state index contributed by atoms with van der Waals surface area (Å²) < 4.78 is 5.11. The molecule has 0 bridgehead atoms. The topological polar surface area (TPSA) is 49.9 Å². The summed E-state index contributed by atoms with van der Waals surface area (Å²) in [6.45, 7) is 3.32. The quantitative estimate of drug-likeness (QED) is 0.774. The van der Waals surface area contributed by atoms with Crippen molar-refractivity contribution in [2.24, 2.45) is 5.92 Å². The van der Waals surface area contributed by atoms with Crippen LogP contribution in [0, 0.1) is 5.92 Å². The van der Waals surface area contributed by atoms with E-state index in [-0.39, 0.29) is 17.9 Å². The van der Waals surface area contributed by atoms with E-state index < -0.39 is 0 Å². The summed E-state index contributed by atoms with van der Waals surface area (Å²) in [6, 6.07) is 19.2.